The molecular weight excluding hydrogens is 362 g/mol. The normalized spacial score (nSPS) is 10.4. The predicted octanol–water partition coefficient (Wildman–Crippen LogP) is 4.61. The van der Waals surface area contributed by atoms with Gasteiger partial charge in [0.1, 0.15) is 0 Å². The van der Waals surface area contributed by atoms with Crippen molar-refractivity contribution in [3.63, 3.8) is 0 Å². The zero-order valence-corrected chi connectivity index (χ0v) is 15.3. The summed E-state index contributed by atoms with van der Waals surface area (Å²) in [5.41, 5.74) is 2.96. The molecular formula is C22H20F2N2O2. The smallest absolute Gasteiger partial charge is 0.243 e. The fourth-order valence-electron chi connectivity index (χ4n) is 2.85. The lowest BCUT2D eigenvalue weighted by atomic mass is 10.0. The minimum absolute atomic E-state index is 0.134. The largest absolute Gasteiger partial charge is 0.491 e. The van der Waals surface area contributed by atoms with Crippen LogP contribution in [-0.4, -0.2) is 19.6 Å². The molecule has 0 bridgehead atoms. The first-order valence-corrected chi connectivity index (χ1v) is 8.75. The van der Waals surface area contributed by atoms with Crippen LogP contribution < -0.4 is 15.4 Å². The maximum absolute atomic E-state index is 13.7. The van der Waals surface area contributed by atoms with Crippen LogP contribution in [0.15, 0.2) is 66.7 Å². The Balaban J connectivity index is 1.64. The molecule has 0 atom stereocenters. The number of benzene rings is 3. The van der Waals surface area contributed by atoms with Crippen LogP contribution in [0.5, 0.6) is 5.75 Å². The molecule has 0 aliphatic carbocycles. The Kier molecular flexibility index (Phi) is 6.22. The van der Waals surface area contributed by atoms with Gasteiger partial charge in [0.15, 0.2) is 17.4 Å². The molecule has 144 valence electrons. The number of hydrogen-bond acceptors (Lipinski definition) is 3. The molecule has 0 unspecified atom stereocenters. The van der Waals surface area contributed by atoms with Crippen LogP contribution in [0.1, 0.15) is 11.1 Å². The van der Waals surface area contributed by atoms with Crippen molar-refractivity contribution < 1.29 is 18.3 Å². The van der Waals surface area contributed by atoms with Gasteiger partial charge in [0.05, 0.1) is 13.7 Å². The predicted molar refractivity (Wildman–Crippen MR) is 106 cm³/mol. The van der Waals surface area contributed by atoms with E-state index in [-0.39, 0.29) is 18.1 Å². The van der Waals surface area contributed by atoms with Gasteiger partial charge in [-0.1, -0.05) is 48.5 Å². The Morgan fingerprint density at radius 1 is 0.964 bits per heavy atom. The summed E-state index contributed by atoms with van der Waals surface area (Å²) in [6, 6.07) is 19.6. The van der Waals surface area contributed by atoms with Gasteiger partial charge in [-0.3, -0.25) is 4.79 Å². The van der Waals surface area contributed by atoms with Crippen molar-refractivity contribution >= 4 is 17.3 Å². The van der Waals surface area contributed by atoms with Gasteiger partial charge in [-0.05, 0) is 23.6 Å². The van der Waals surface area contributed by atoms with E-state index in [2.05, 4.69) is 15.4 Å². The van der Waals surface area contributed by atoms with Gasteiger partial charge < -0.3 is 15.4 Å². The first-order valence-electron chi connectivity index (χ1n) is 8.75. The van der Waals surface area contributed by atoms with Crippen LogP contribution in [-0.2, 0) is 11.2 Å². The lowest BCUT2D eigenvalue weighted by Gasteiger charge is -2.13. The molecule has 4 nitrogen and oxygen atoms in total. The topological polar surface area (TPSA) is 50.4 Å². The molecule has 2 N–H and O–H groups in total. The fraction of sp³-hybridized carbons (Fsp3) is 0.136. The second kappa shape index (κ2) is 8.99. The molecule has 1 amide bonds. The number of anilines is 2. The van der Waals surface area contributed by atoms with Crippen LogP contribution in [0, 0.1) is 11.6 Å². The molecule has 0 aromatic heterocycles. The molecule has 3 aromatic rings. The summed E-state index contributed by atoms with van der Waals surface area (Å²) in [4.78, 5) is 12.3. The van der Waals surface area contributed by atoms with Crippen LogP contribution in [0.2, 0.25) is 0 Å². The monoisotopic (exact) mass is 382 g/mol. The van der Waals surface area contributed by atoms with Crippen molar-refractivity contribution in [2.75, 3.05) is 24.3 Å². The molecule has 0 saturated heterocycles. The maximum Gasteiger partial charge on any atom is 0.243 e. The average Bonchev–Trinajstić information content (AvgIpc) is 2.68. The minimum Gasteiger partial charge on any atom is -0.491 e. The van der Waals surface area contributed by atoms with Gasteiger partial charge in [-0.15, -0.1) is 0 Å². The molecule has 0 aliphatic heterocycles. The van der Waals surface area contributed by atoms with E-state index in [1.165, 1.54) is 7.11 Å². The van der Waals surface area contributed by atoms with E-state index in [0.717, 1.165) is 23.3 Å². The average molecular weight is 382 g/mol. The lowest BCUT2D eigenvalue weighted by Crippen LogP contribution is -2.22. The molecule has 0 saturated carbocycles. The Morgan fingerprint density at radius 2 is 1.61 bits per heavy atom. The third-order valence-corrected chi connectivity index (χ3v) is 4.18. The number of rotatable bonds is 7. The van der Waals surface area contributed by atoms with Gasteiger partial charge in [0.25, 0.3) is 0 Å². The van der Waals surface area contributed by atoms with Crippen molar-refractivity contribution in [1.29, 1.82) is 0 Å². The summed E-state index contributed by atoms with van der Waals surface area (Å²) in [5.74, 6) is -2.45. The van der Waals surface area contributed by atoms with Crippen molar-refractivity contribution in [3.05, 3.63) is 89.5 Å². The van der Waals surface area contributed by atoms with E-state index in [1.807, 2.05) is 54.6 Å². The van der Waals surface area contributed by atoms with Crippen molar-refractivity contribution in [2.24, 2.45) is 0 Å². The number of halogens is 2. The number of methoxy groups -OCH3 is 1. The number of carbonyl (C=O) groups excluding carboxylic acids is 1. The SMILES string of the molecule is COc1c(F)cc(NCC(=O)Nc2ccccc2Cc2ccccc2)cc1F. The zero-order chi connectivity index (χ0) is 19.9. The van der Waals surface area contributed by atoms with Gasteiger partial charge >= 0.3 is 0 Å². The molecule has 0 radical (unpaired) electrons. The third-order valence-electron chi connectivity index (χ3n) is 4.18. The molecule has 28 heavy (non-hydrogen) atoms. The maximum atomic E-state index is 13.7. The van der Waals surface area contributed by atoms with E-state index in [0.29, 0.717) is 12.1 Å². The number of para-hydroxylation sites is 1. The van der Waals surface area contributed by atoms with Gasteiger partial charge in [-0.2, -0.15) is 0 Å². The highest BCUT2D eigenvalue weighted by Gasteiger charge is 2.12. The number of hydrogen-bond donors (Lipinski definition) is 2. The summed E-state index contributed by atoms with van der Waals surface area (Å²) in [6.45, 7) is -0.134. The first-order chi connectivity index (χ1) is 13.6. The highest BCUT2D eigenvalue weighted by molar-refractivity contribution is 5.94. The van der Waals surface area contributed by atoms with Gasteiger partial charge in [-0.25, -0.2) is 8.78 Å². The number of nitrogens with one attached hydrogen (secondary N) is 2. The number of carbonyl (C=O) groups is 1. The Hall–Kier alpha value is -3.41. The highest BCUT2D eigenvalue weighted by atomic mass is 19.1. The fourth-order valence-corrected chi connectivity index (χ4v) is 2.85. The van der Waals surface area contributed by atoms with E-state index < -0.39 is 17.4 Å². The standard InChI is InChI=1S/C22H20F2N2O2/c1-28-22-18(23)12-17(13-19(22)24)25-14-21(27)26-20-10-6-5-9-16(20)11-15-7-3-2-4-8-15/h2-10,12-13,25H,11,14H2,1H3,(H,26,27). The van der Waals surface area contributed by atoms with Gasteiger partial charge in [0, 0.05) is 23.5 Å². The van der Waals surface area contributed by atoms with Crippen molar-refractivity contribution in [2.45, 2.75) is 6.42 Å². The van der Waals surface area contributed by atoms with Crippen molar-refractivity contribution in [1.82, 2.24) is 0 Å². The number of amides is 1. The molecule has 3 aromatic carbocycles. The van der Waals surface area contributed by atoms with E-state index >= 15 is 0 Å². The molecule has 0 fully saturated rings. The summed E-state index contributed by atoms with van der Waals surface area (Å²) in [5, 5.41) is 5.56. The quantitative estimate of drug-likeness (QED) is 0.627. The van der Waals surface area contributed by atoms with Crippen LogP contribution in [0.25, 0.3) is 0 Å². The Bertz CT molecular complexity index is 939. The highest BCUT2D eigenvalue weighted by Crippen LogP contribution is 2.25. The van der Waals surface area contributed by atoms with E-state index in [4.69, 9.17) is 0 Å². The summed E-state index contributed by atoms with van der Waals surface area (Å²) < 4.78 is 32.1. The molecule has 0 heterocycles. The second-order valence-electron chi connectivity index (χ2n) is 6.19. The third kappa shape index (κ3) is 4.85. The van der Waals surface area contributed by atoms with Crippen LogP contribution in [0.3, 0.4) is 0 Å². The zero-order valence-electron chi connectivity index (χ0n) is 15.3. The number of ether oxygens (including phenoxy) is 1. The molecule has 0 aliphatic rings. The lowest BCUT2D eigenvalue weighted by molar-refractivity contribution is -0.114. The summed E-state index contributed by atoms with van der Waals surface area (Å²) in [6.07, 6.45) is 0.680. The van der Waals surface area contributed by atoms with Crippen LogP contribution in [0.4, 0.5) is 20.2 Å². The molecule has 3 rings (SSSR count). The second-order valence-corrected chi connectivity index (χ2v) is 6.19. The van der Waals surface area contributed by atoms with E-state index in [9.17, 15) is 13.6 Å². The van der Waals surface area contributed by atoms with Crippen LogP contribution >= 0.6 is 0 Å². The summed E-state index contributed by atoms with van der Waals surface area (Å²) >= 11 is 0. The van der Waals surface area contributed by atoms with Crippen molar-refractivity contribution in [3.8, 4) is 5.75 Å². The van der Waals surface area contributed by atoms with E-state index in [1.54, 1.807) is 0 Å². The molecule has 6 heteroatoms. The van der Waals surface area contributed by atoms with Gasteiger partial charge in [0.2, 0.25) is 5.91 Å². The Morgan fingerprint density at radius 3 is 2.29 bits per heavy atom. The minimum atomic E-state index is -0.835. The first kappa shape index (κ1) is 19.4. The summed E-state index contributed by atoms with van der Waals surface area (Å²) in [7, 11) is 1.19. The Labute approximate surface area is 162 Å². The molecule has 0 spiro atoms.